The average molecular weight is 243 g/mol. The molecule has 0 saturated carbocycles. The molecule has 0 bridgehead atoms. The van der Waals surface area contributed by atoms with Crippen molar-refractivity contribution in [2.24, 2.45) is 0 Å². The topological polar surface area (TPSA) is 3.24 Å². The van der Waals surface area contributed by atoms with Crippen LogP contribution in [0.3, 0.4) is 0 Å². The van der Waals surface area contributed by atoms with Crippen LogP contribution in [0.4, 0.5) is 4.39 Å². The van der Waals surface area contributed by atoms with Crippen LogP contribution in [0.5, 0.6) is 0 Å². The monoisotopic (exact) mass is 243 g/mol. The third-order valence-electron chi connectivity index (χ3n) is 3.11. The van der Waals surface area contributed by atoms with Gasteiger partial charge in [0.15, 0.2) is 0 Å². The number of hydrogen-bond donors (Lipinski definition) is 0. The van der Waals surface area contributed by atoms with E-state index >= 15 is 0 Å². The third kappa shape index (κ3) is 2.70. The fraction of sp³-hybridized carbons (Fsp3) is 0.250. The van der Waals surface area contributed by atoms with E-state index in [0.717, 1.165) is 17.6 Å². The number of halogens is 1. The molecule has 0 amide bonds. The van der Waals surface area contributed by atoms with Gasteiger partial charge >= 0.3 is 0 Å². The van der Waals surface area contributed by atoms with Crippen molar-refractivity contribution in [3.8, 4) is 0 Å². The Kier molecular flexibility index (Phi) is 3.66. The van der Waals surface area contributed by atoms with Crippen molar-refractivity contribution in [3.63, 3.8) is 0 Å². The van der Waals surface area contributed by atoms with Crippen molar-refractivity contribution in [2.75, 3.05) is 7.05 Å². The molecule has 94 valence electrons. The van der Waals surface area contributed by atoms with E-state index in [2.05, 4.69) is 17.6 Å². The summed E-state index contributed by atoms with van der Waals surface area (Å²) in [5.74, 6) is -0.180. The maximum Gasteiger partial charge on any atom is 0.131 e. The zero-order chi connectivity index (χ0) is 13.1. The van der Waals surface area contributed by atoms with Gasteiger partial charge in [0.25, 0.3) is 0 Å². The van der Waals surface area contributed by atoms with E-state index in [1.807, 2.05) is 32.3 Å². The lowest BCUT2D eigenvalue weighted by Crippen LogP contribution is -2.27. The van der Waals surface area contributed by atoms with Gasteiger partial charge in [0.1, 0.15) is 5.82 Å². The van der Waals surface area contributed by atoms with Gasteiger partial charge in [-0.2, -0.15) is 0 Å². The fourth-order valence-electron chi connectivity index (χ4n) is 2.13. The number of nitrogens with zero attached hydrogens (tertiary/aromatic N) is 1. The van der Waals surface area contributed by atoms with E-state index in [1.165, 1.54) is 6.07 Å². The van der Waals surface area contributed by atoms with Crippen LogP contribution in [0.25, 0.3) is 5.57 Å². The van der Waals surface area contributed by atoms with Gasteiger partial charge in [-0.15, -0.1) is 6.58 Å². The maximum absolute atomic E-state index is 13.7. The lowest BCUT2D eigenvalue weighted by Gasteiger charge is -2.28. The van der Waals surface area contributed by atoms with Crippen LogP contribution in [0.15, 0.2) is 54.8 Å². The molecule has 0 N–H and O–H groups in total. The predicted molar refractivity (Wildman–Crippen MR) is 74.5 cm³/mol. The first-order valence-electron chi connectivity index (χ1n) is 6.09. The maximum atomic E-state index is 13.7. The van der Waals surface area contributed by atoms with Crippen LogP contribution >= 0.6 is 0 Å². The second kappa shape index (κ2) is 5.21. The van der Waals surface area contributed by atoms with Gasteiger partial charge in [0.05, 0.1) is 6.04 Å². The van der Waals surface area contributed by atoms with E-state index in [0.29, 0.717) is 11.6 Å². The number of likely N-dealkylation sites (N-methyl/N-ethyl adjacent to an activating group) is 1. The molecule has 1 unspecified atom stereocenters. The molecule has 0 spiro atoms. The molecule has 1 atom stereocenters. The van der Waals surface area contributed by atoms with Crippen LogP contribution in [0.1, 0.15) is 18.9 Å². The van der Waals surface area contributed by atoms with E-state index in [1.54, 1.807) is 12.1 Å². The standard InChI is InChI=1S/C16H18FN/c1-12(2)10-14-9-8-13(11-18(14)3)15-6-4-5-7-16(15)17/h4-9,11,14H,1,10H2,2-3H3. The van der Waals surface area contributed by atoms with Gasteiger partial charge in [-0.25, -0.2) is 4.39 Å². The second-order valence-electron chi connectivity index (χ2n) is 4.82. The molecule has 18 heavy (non-hydrogen) atoms. The Morgan fingerprint density at radius 3 is 2.72 bits per heavy atom. The lowest BCUT2D eigenvalue weighted by molar-refractivity contribution is 0.379. The summed E-state index contributed by atoms with van der Waals surface area (Å²) in [6.45, 7) is 5.96. The Morgan fingerprint density at radius 1 is 1.39 bits per heavy atom. The Morgan fingerprint density at radius 2 is 2.11 bits per heavy atom. The van der Waals surface area contributed by atoms with Gasteiger partial charge in [-0.05, 0) is 19.4 Å². The van der Waals surface area contributed by atoms with Crippen LogP contribution in [-0.2, 0) is 0 Å². The summed E-state index contributed by atoms with van der Waals surface area (Å²) in [7, 11) is 2.01. The van der Waals surface area contributed by atoms with Crippen molar-refractivity contribution in [2.45, 2.75) is 19.4 Å². The van der Waals surface area contributed by atoms with Crippen molar-refractivity contribution in [1.82, 2.24) is 4.90 Å². The Balaban J connectivity index is 2.22. The zero-order valence-corrected chi connectivity index (χ0v) is 10.9. The lowest BCUT2D eigenvalue weighted by atomic mass is 9.99. The molecule has 0 aromatic heterocycles. The minimum absolute atomic E-state index is 0.180. The van der Waals surface area contributed by atoms with Crippen molar-refractivity contribution in [3.05, 3.63) is 66.2 Å². The van der Waals surface area contributed by atoms with Crippen LogP contribution in [-0.4, -0.2) is 18.0 Å². The molecule has 1 aliphatic rings. The predicted octanol–water partition coefficient (Wildman–Crippen LogP) is 4.00. The summed E-state index contributed by atoms with van der Waals surface area (Å²) >= 11 is 0. The number of rotatable bonds is 3. The van der Waals surface area contributed by atoms with Crippen molar-refractivity contribution >= 4 is 5.57 Å². The highest BCUT2D eigenvalue weighted by Crippen LogP contribution is 2.25. The smallest absolute Gasteiger partial charge is 0.131 e. The van der Waals surface area contributed by atoms with Gasteiger partial charge < -0.3 is 4.90 Å². The third-order valence-corrected chi connectivity index (χ3v) is 3.11. The second-order valence-corrected chi connectivity index (χ2v) is 4.82. The van der Waals surface area contributed by atoms with Crippen LogP contribution < -0.4 is 0 Å². The first-order chi connectivity index (χ1) is 8.58. The molecule has 1 aromatic carbocycles. The minimum Gasteiger partial charge on any atom is -0.373 e. The van der Waals surface area contributed by atoms with Gasteiger partial charge in [-0.1, -0.05) is 35.9 Å². The molecule has 2 rings (SSSR count). The number of hydrogen-bond acceptors (Lipinski definition) is 1. The van der Waals surface area contributed by atoms with E-state index in [4.69, 9.17) is 0 Å². The summed E-state index contributed by atoms with van der Waals surface area (Å²) in [4.78, 5) is 2.11. The highest BCUT2D eigenvalue weighted by molar-refractivity contribution is 5.75. The first-order valence-corrected chi connectivity index (χ1v) is 6.09. The summed E-state index contributed by atoms with van der Waals surface area (Å²) in [6.07, 6.45) is 7.02. The van der Waals surface area contributed by atoms with Crippen molar-refractivity contribution < 1.29 is 4.39 Å². The van der Waals surface area contributed by atoms with Crippen molar-refractivity contribution in [1.29, 1.82) is 0 Å². The van der Waals surface area contributed by atoms with Crippen LogP contribution in [0.2, 0.25) is 0 Å². The highest BCUT2D eigenvalue weighted by Gasteiger charge is 2.15. The van der Waals surface area contributed by atoms with Gasteiger partial charge in [0.2, 0.25) is 0 Å². The van der Waals surface area contributed by atoms with E-state index in [9.17, 15) is 4.39 Å². The molecule has 1 aromatic rings. The molecule has 1 heterocycles. The molecule has 0 fully saturated rings. The summed E-state index contributed by atoms with van der Waals surface area (Å²) in [6, 6.07) is 7.17. The van der Waals surface area contributed by atoms with Gasteiger partial charge in [-0.3, -0.25) is 0 Å². The average Bonchev–Trinajstić information content (AvgIpc) is 2.32. The Hall–Kier alpha value is -1.83. The SMILES string of the molecule is C=C(C)CC1C=CC(c2ccccc2F)=CN1C. The molecule has 1 aliphatic heterocycles. The molecule has 0 saturated heterocycles. The largest absolute Gasteiger partial charge is 0.373 e. The first kappa shape index (κ1) is 12.6. The molecule has 1 nitrogen and oxygen atoms in total. The normalized spacial score (nSPS) is 18.7. The van der Waals surface area contributed by atoms with Gasteiger partial charge in [0, 0.05) is 24.4 Å². The number of benzene rings is 1. The van der Waals surface area contributed by atoms with E-state index in [-0.39, 0.29) is 5.82 Å². The molecule has 0 radical (unpaired) electrons. The Bertz CT molecular complexity index is 514. The minimum atomic E-state index is -0.180. The summed E-state index contributed by atoms with van der Waals surface area (Å²) in [5.41, 5.74) is 2.71. The fourth-order valence-corrected chi connectivity index (χ4v) is 2.13. The number of allylic oxidation sites excluding steroid dienone is 2. The molecular formula is C16H18FN. The molecular weight excluding hydrogens is 225 g/mol. The zero-order valence-electron chi connectivity index (χ0n) is 10.9. The van der Waals surface area contributed by atoms with Crippen LogP contribution in [0, 0.1) is 5.82 Å². The summed E-state index contributed by atoms with van der Waals surface area (Å²) in [5, 5.41) is 0. The summed E-state index contributed by atoms with van der Waals surface area (Å²) < 4.78 is 13.7. The highest BCUT2D eigenvalue weighted by atomic mass is 19.1. The van der Waals surface area contributed by atoms with E-state index < -0.39 is 0 Å². The Labute approximate surface area is 108 Å². The quantitative estimate of drug-likeness (QED) is 0.725. The molecule has 0 aliphatic carbocycles. The molecule has 2 heteroatoms.